The van der Waals surface area contributed by atoms with Crippen LogP contribution in [0.4, 0.5) is 0 Å². The van der Waals surface area contributed by atoms with E-state index in [0.717, 1.165) is 6.42 Å². The second kappa shape index (κ2) is 15.6. The predicted octanol–water partition coefficient (Wildman–Crippen LogP) is 8.29. The maximum Gasteiger partial charge on any atom is 0.123 e. The van der Waals surface area contributed by atoms with Gasteiger partial charge in [-0.05, 0) is 37.5 Å². The van der Waals surface area contributed by atoms with Crippen LogP contribution < -0.4 is 0 Å². The zero-order valence-corrected chi connectivity index (χ0v) is 17.8. The van der Waals surface area contributed by atoms with E-state index in [0.29, 0.717) is 11.1 Å². The van der Waals surface area contributed by atoms with E-state index in [9.17, 15) is 10.2 Å². The minimum absolute atomic E-state index is 0.238. The van der Waals surface area contributed by atoms with Crippen LogP contribution in [0.1, 0.15) is 114 Å². The van der Waals surface area contributed by atoms with Gasteiger partial charge in [0.05, 0.1) is 0 Å². The second-order valence-electron chi connectivity index (χ2n) is 7.98. The van der Waals surface area contributed by atoms with Gasteiger partial charge in [-0.3, -0.25) is 0 Å². The minimum Gasteiger partial charge on any atom is -0.508 e. The number of phenolic OH excluding ortho intramolecular Hbond substituents is 2. The van der Waals surface area contributed by atoms with E-state index in [1.807, 2.05) is 6.08 Å². The first-order valence-corrected chi connectivity index (χ1v) is 11.3. The molecule has 2 heteroatoms. The van der Waals surface area contributed by atoms with Gasteiger partial charge in [0, 0.05) is 5.56 Å². The number of aryl methyl sites for hydroxylation is 1. The standard InChI is InChI=1S/C25H42O2/c1-3-4-5-6-7-8-9-10-11-12-13-14-15-16-17-18-19-23-21-24(26)22(2)20-25(23)27/h18-21,26-27H,3-17H2,1-2H3. The highest BCUT2D eigenvalue weighted by atomic mass is 16.3. The Hall–Kier alpha value is -1.44. The summed E-state index contributed by atoms with van der Waals surface area (Å²) in [5.41, 5.74) is 1.40. The van der Waals surface area contributed by atoms with Crippen molar-refractivity contribution >= 4 is 6.08 Å². The SMILES string of the molecule is CCCCCCCCCCCCCCCCC=Cc1cc(O)c(C)cc1O. The third-order valence-corrected chi connectivity index (χ3v) is 5.37. The second-order valence-corrected chi connectivity index (χ2v) is 7.98. The monoisotopic (exact) mass is 374 g/mol. The predicted molar refractivity (Wildman–Crippen MR) is 118 cm³/mol. The fraction of sp³-hybridized carbons (Fsp3) is 0.680. The fourth-order valence-electron chi connectivity index (χ4n) is 3.50. The molecule has 2 nitrogen and oxygen atoms in total. The summed E-state index contributed by atoms with van der Waals surface area (Å²) in [6.45, 7) is 4.07. The molecule has 154 valence electrons. The molecule has 0 aliphatic rings. The van der Waals surface area contributed by atoms with Crippen molar-refractivity contribution in [3.05, 3.63) is 29.3 Å². The van der Waals surface area contributed by atoms with E-state index in [1.165, 1.54) is 89.9 Å². The molecular formula is C25H42O2. The Morgan fingerprint density at radius 2 is 1.15 bits per heavy atom. The van der Waals surface area contributed by atoms with Crippen LogP contribution >= 0.6 is 0 Å². The third kappa shape index (κ3) is 11.8. The van der Waals surface area contributed by atoms with Gasteiger partial charge in [-0.2, -0.15) is 0 Å². The first-order valence-electron chi connectivity index (χ1n) is 11.3. The van der Waals surface area contributed by atoms with E-state index in [1.54, 1.807) is 19.1 Å². The number of aromatic hydroxyl groups is 2. The Morgan fingerprint density at radius 3 is 1.67 bits per heavy atom. The average molecular weight is 375 g/mol. The summed E-state index contributed by atoms with van der Waals surface area (Å²) < 4.78 is 0. The average Bonchev–Trinajstić information content (AvgIpc) is 2.65. The Labute approximate surface area is 167 Å². The lowest BCUT2D eigenvalue weighted by molar-refractivity contribution is 0.455. The van der Waals surface area contributed by atoms with Gasteiger partial charge in [0.15, 0.2) is 0 Å². The van der Waals surface area contributed by atoms with Crippen LogP contribution in [0.2, 0.25) is 0 Å². The molecule has 0 saturated carbocycles. The number of rotatable bonds is 16. The molecular weight excluding hydrogens is 332 g/mol. The molecule has 0 amide bonds. The van der Waals surface area contributed by atoms with Gasteiger partial charge in [-0.15, -0.1) is 0 Å². The van der Waals surface area contributed by atoms with Gasteiger partial charge in [0.1, 0.15) is 11.5 Å². The summed E-state index contributed by atoms with van der Waals surface area (Å²) >= 11 is 0. The zero-order valence-electron chi connectivity index (χ0n) is 17.8. The topological polar surface area (TPSA) is 40.5 Å². The summed E-state index contributed by atoms with van der Waals surface area (Å²) in [6, 6.07) is 3.24. The quantitative estimate of drug-likeness (QED) is 0.226. The first-order chi connectivity index (χ1) is 13.1. The molecule has 0 atom stereocenters. The van der Waals surface area contributed by atoms with Crippen LogP contribution in [0, 0.1) is 6.92 Å². The summed E-state index contributed by atoms with van der Waals surface area (Å²) in [5.74, 6) is 0.478. The molecule has 1 aromatic carbocycles. The number of benzene rings is 1. The van der Waals surface area contributed by atoms with Gasteiger partial charge < -0.3 is 10.2 Å². The minimum atomic E-state index is 0.238. The Kier molecular flexibility index (Phi) is 13.6. The van der Waals surface area contributed by atoms with E-state index in [4.69, 9.17) is 0 Å². The van der Waals surface area contributed by atoms with E-state index in [2.05, 4.69) is 13.0 Å². The van der Waals surface area contributed by atoms with Crippen molar-refractivity contribution in [1.29, 1.82) is 0 Å². The molecule has 0 unspecified atom stereocenters. The number of unbranched alkanes of at least 4 members (excludes halogenated alkanes) is 14. The maximum atomic E-state index is 9.88. The normalized spacial score (nSPS) is 11.5. The molecule has 1 rings (SSSR count). The molecule has 1 aromatic rings. The lowest BCUT2D eigenvalue weighted by Gasteiger charge is -2.04. The highest BCUT2D eigenvalue weighted by Crippen LogP contribution is 2.27. The molecule has 27 heavy (non-hydrogen) atoms. The Balaban J connectivity index is 1.91. The summed E-state index contributed by atoms with van der Waals surface area (Å²) in [5, 5.41) is 19.6. The number of hydrogen-bond donors (Lipinski definition) is 2. The van der Waals surface area contributed by atoms with E-state index >= 15 is 0 Å². The van der Waals surface area contributed by atoms with Crippen molar-refractivity contribution in [3.8, 4) is 11.5 Å². The molecule has 0 saturated heterocycles. The fourth-order valence-corrected chi connectivity index (χ4v) is 3.50. The first kappa shape index (κ1) is 23.6. The van der Waals surface area contributed by atoms with Gasteiger partial charge in [-0.25, -0.2) is 0 Å². The molecule has 0 radical (unpaired) electrons. The third-order valence-electron chi connectivity index (χ3n) is 5.37. The van der Waals surface area contributed by atoms with Crippen LogP contribution in [0.5, 0.6) is 11.5 Å². The van der Waals surface area contributed by atoms with Crippen molar-refractivity contribution in [2.45, 2.75) is 110 Å². The molecule has 0 aromatic heterocycles. The molecule has 0 fully saturated rings. The molecule has 0 spiro atoms. The molecule has 0 aliphatic heterocycles. The summed E-state index contributed by atoms with van der Waals surface area (Å²) in [7, 11) is 0. The van der Waals surface area contributed by atoms with Crippen LogP contribution in [0.25, 0.3) is 6.08 Å². The smallest absolute Gasteiger partial charge is 0.123 e. The Morgan fingerprint density at radius 1 is 0.667 bits per heavy atom. The molecule has 0 heterocycles. The van der Waals surface area contributed by atoms with Gasteiger partial charge in [-0.1, -0.05) is 103 Å². The number of allylic oxidation sites excluding steroid dienone is 1. The molecule has 0 bridgehead atoms. The van der Waals surface area contributed by atoms with Crippen LogP contribution in [0.15, 0.2) is 18.2 Å². The zero-order chi connectivity index (χ0) is 19.7. The van der Waals surface area contributed by atoms with Crippen LogP contribution in [-0.4, -0.2) is 10.2 Å². The highest BCUT2D eigenvalue weighted by Gasteiger charge is 2.02. The highest BCUT2D eigenvalue weighted by molar-refractivity contribution is 5.60. The van der Waals surface area contributed by atoms with Crippen molar-refractivity contribution in [2.24, 2.45) is 0 Å². The number of hydrogen-bond acceptors (Lipinski definition) is 2. The molecule has 2 N–H and O–H groups in total. The van der Waals surface area contributed by atoms with Crippen molar-refractivity contribution in [3.63, 3.8) is 0 Å². The number of phenols is 2. The lowest BCUT2D eigenvalue weighted by Crippen LogP contribution is -1.83. The largest absolute Gasteiger partial charge is 0.508 e. The van der Waals surface area contributed by atoms with Crippen LogP contribution in [0.3, 0.4) is 0 Å². The lowest BCUT2D eigenvalue weighted by atomic mass is 10.0. The van der Waals surface area contributed by atoms with E-state index < -0.39 is 0 Å². The Bertz CT molecular complexity index is 519. The summed E-state index contributed by atoms with van der Waals surface area (Å²) in [6.07, 6.45) is 24.4. The molecule has 0 aliphatic carbocycles. The van der Waals surface area contributed by atoms with Gasteiger partial charge >= 0.3 is 0 Å². The van der Waals surface area contributed by atoms with Gasteiger partial charge in [0.25, 0.3) is 0 Å². The van der Waals surface area contributed by atoms with E-state index in [-0.39, 0.29) is 11.5 Å². The summed E-state index contributed by atoms with van der Waals surface area (Å²) in [4.78, 5) is 0. The maximum absolute atomic E-state index is 9.88. The van der Waals surface area contributed by atoms with Crippen molar-refractivity contribution < 1.29 is 10.2 Å². The van der Waals surface area contributed by atoms with Crippen LogP contribution in [-0.2, 0) is 0 Å². The van der Waals surface area contributed by atoms with Gasteiger partial charge in [0.2, 0.25) is 0 Å². The van der Waals surface area contributed by atoms with Crippen molar-refractivity contribution in [2.75, 3.05) is 0 Å². The van der Waals surface area contributed by atoms with Crippen molar-refractivity contribution in [1.82, 2.24) is 0 Å².